The number of hydrogen-bond acceptors (Lipinski definition) is 5. The molecule has 3 rings (SSSR count). The highest BCUT2D eigenvalue weighted by Gasteiger charge is 2.29. The molecule has 0 radical (unpaired) electrons. The summed E-state index contributed by atoms with van der Waals surface area (Å²) < 4.78 is 1.89. The first-order valence-corrected chi connectivity index (χ1v) is 8.95. The van der Waals surface area contributed by atoms with Gasteiger partial charge in [0.1, 0.15) is 17.7 Å². The van der Waals surface area contributed by atoms with Crippen LogP contribution in [0.1, 0.15) is 42.5 Å². The number of carbonyl (C=O) groups excluding carboxylic acids is 1. The van der Waals surface area contributed by atoms with E-state index in [4.69, 9.17) is 0 Å². The molecule has 0 spiro atoms. The van der Waals surface area contributed by atoms with Gasteiger partial charge in [-0.1, -0.05) is 6.07 Å². The summed E-state index contributed by atoms with van der Waals surface area (Å²) in [6.45, 7) is 7.15. The maximum absolute atomic E-state index is 12.8. The van der Waals surface area contributed by atoms with Crippen LogP contribution >= 0.6 is 0 Å². The maximum Gasteiger partial charge on any atom is 0.242 e. The fraction of sp³-hybridized carbons (Fsp3) is 0.556. The van der Waals surface area contributed by atoms with Crippen LogP contribution < -0.4 is 5.32 Å². The molecule has 1 fully saturated rings. The number of aromatic nitrogens is 4. The molecule has 7 nitrogen and oxygen atoms in total. The molecule has 1 aliphatic heterocycles. The van der Waals surface area contributed by atoms with E-state index < -0.39 is 0 Å². The lowest BCUT2D eigenvalue weighted by atomic mass is 10.1. The second-order valence-electron chi connectivity index (χ2n) is 6.51. The molecule has 0 aliphatic carbocycles. The topological polar surface area (TPSA) is 75.9 Å². The van der Waals surface area contributed by atoms with Gasteiger partial charge in [-0.2, -0.15) is 5.10 Å². The van der Waals surface area contributed by atoms with Crippen molar-refractivity contribution in [3.63, 3.8) is 0 Å². The number of nitrogens with one attached hydrogen (secondary N) is 1. The first kappa shape index (κ1) is 17.5. The fourth-order valence-corrected chi connectivity index (χ4v) is 3.38. The van der Waals surface area contributed by atoms with Gasteiger partial charge in [0.05, 0.1) is 0 Å². The Balaban J connectivity index is 1.56. The van der Waals surface area contributed by atoms with Crippen LogP contribution in [0.15, 0.2) is 24.5 Å². The number of carbonyl (C=O) groups is 1. The molecule has 1 aliphatic rings. The zero-order valence-corrected chi connectivity index (χ0v) is 15.0. The first-order chi connectivity index (χ1) is 12.1. The minimum Gasteiger partial charge on any atom is -0.354 e. The predicted molar refractivity (Wildman–Crippen MR) is 94.9 cm³/mol. The summed E-state index contributed by atoms with van der Waals surface area (Å²) >= 11 is 0. The molecule has 1 saturated heterocycles. The summed E-state index contributed by atoms with van der Waals surface area (Å²) in [4.78, 5) is 23.5. The Morgan fingerprint density at radius 2 is 2.12 bits per heavy atom. The number of rotatable bonds is 7. The van der Waals surface area contributed by atoms with Crippen molar-refractivity contribution >= 4 is 5.91 Å². The average Bonchev–Trinajstić information content (AvgIpc) is 3.23. The minimum absolute atomic E-state index is 0.0568. The molecule has 1 unspecified atom stereocenters. The molecule has 3 heterocycles. The Hall–Kier alpha value is -2.28. The Labute approximate surface area is 148 Å². The largest absolute Gasteiger partial charge is 0.354 e. The molecule has 0 bridgehead atoms. The van der Waals surface area contributed by atoms with Crippen LogP contribution in [0.3, 0.4) is 0 Å². The summed E-state index contributed by atoms with van der Waals surface area (Å²) in [7, 11) is 0. The van der Waals surface area contributed by atoms with E-state index in [1.807, 2.05) is 30.7 Å². The number of aryl methyl sites for hydroxylation is 3. The van der Waals surface area contributed by atoms with Crippen molar-refractivity contribution in [2.45, 2.75) is 45.7 Å². The number of pyridine rings is 1. The third-order valence-electron chi connectivity index (χ3n) is 4.56. The SMILES string of the molecule is Cc1nc(C)n(CCCNC(=O)C(c2cccnc2)N2CCCC2)n1. The van der Waals surface area contributed by atoms with Crippen molar-refractivity contribution in [1.82, 2.24) is 30.0 Å². The molecule has 134 valence electrons. The van der Waals surface area contributed by atoms with Gasteiger partial charge in [-0.15, -0.1) is 0 Å². The lowest BCUT2D eigenvalue weighted by Crippen LogP contribution is -2.39. The lowest BCUT2D eigenvalue weighted by molar-refractivity contribution is -0.126. The van der Waals surface area contributed by atoms with Crippen LogP contribution in [0.5, 0.6) is 0 Å². The molecule has 0 aromatic carbocycles. The van der Waals surface area contributed by atoms with Crippen LogP contribution in [0.25, 0.3) is 0 Å². The van der Waals surface area contributed by atoms with E-state index in [1.165, 1.54) is 0 Å². The molecule has 25 heavy (non-hydrogen) atoms. The molecule has 2 aromatic heterocycles. The average molecular weight is 342 g/mol. The Bertz CT molecular complexity index is 693. The summed E-state index contributed by atoms with van der Waals surface area (Å²) in [5.74, 6) is 1.75. The van der Waals surface area contributed by atoms with Crippen LogP contribution in [0.2, 0.25) is 0 Å². The van der Waals surface area contributed by atoms with Gasteiger partial charge in [-0.3, -0.25) is 19.4 Å². The van der Waals surface area contributed by atoms with Crippen LogP contribution in [-0.2, 0) is 11.3 Å². The predicted octanol–water partition coefficient (Wildman–Crippen LogP) is 1.63. The van der Waals surface area contributed by atoms with E-state index in [1.54, 1.807) is 12.4 Å². The van der Waals surface area contributed by atoms with Crippen molar-refractivity contribution < 1.29 is 4.79 Å². The lowest BCUT2D eigenvalue weighted by Gasteiger charge is -2.26. The first-order valence-electron chi connectivity index (χ1n) is 8.95. The van der Waals surface area contributed by atoms with E-state index in [0.29, 0.717) is 6.54 Å². The summed E-state index contributed by atoms with van der Waals surface area (Å²) in [6, 6.07) is 3.63. The van der Waals surface area contributed by atoms with E-state index in [-0.39, 0.29) is 11.9 Å². The molecule has 0 saturated carbocycles. The van der Waals surface area contributed by atoms with E-state index in [9.17, 15) is 4.79 Å². The van der Waals surface area contributed by atoms with Crippen molar-refractivity contribution in [3.05, 3.63) is 41.7 Å². The number of hydrogen-bond donors (Lipinski definition) is 1. The van der Waals surface area contributed by atoms with E-state index in [2.05, 4.69) is 25.3 Å². The third kappa shape index (κ3) is 4.42. The normalized spacial score (nSPS) is 16.1. The zero-order valence-electron chi connectivity index (χ0n) is 15.0. The maximum atomic E-state index is 12.8. The monoisotopic (exact) mass is 342 g/mol. The number of amides is 1. The summed E-state index contributed by atoms with van der Waals surface area (Å²) in [5, 5.41) is 7.43. The second kappa shape index (κ2) is 8.20. The Morgan fingerprint density at radius 3 is 2.76 bits per heavy atom. The standard InChI is InChI=1S/C18H26N6O/c1-14-21-15(2)24(22-14)12-6-9-20-18(25)17(23-10-3-4-11-23)16-7-5-8-19-13-16/h5,7-8,13,17H,3-4,6,9-12H2,1-2H3,(H,20,25). The molecular weight excluding hydrogens is 316 g/mol. The van der Waals surface area contributed by atoms with Gasteiger partial charge in [0.25, 0.3) is 0 Å². The Kier molecular flexibility index (Phi) is 5.75. The van der Waals surface area contributed by atoms with Crippen molar-refractivity contribution in [2.24, 2.45) is 0 Å². The Morgan fingerprint density at radius 1 is 1.32 bits per heavy atom. The van der Waals surface area contributed by atoms with Gasteiger partial charge in [-0.05, 0) is 57.8 Å². The van der Waals surface area contributed by atoms with Gasteiger partial charge in [0.15, 0.2) is 0 Å². The molecule has 1 N–H and O–H groups in total. The molecular formula is C18H26N6O. The van der Waals surface area contributed by atoms with E-state index >= 15 is 0 Å². The van der Waals surface area contributed by atoms with Gasteiger partial charge >= 0.3 is 0 Å². The van der Waals surface area contributed by atoms with Gasteiger partial charge in [0.2, 0.25) is 5.91 Å². The molecule has 2 aromatic rings. The van der Waals surface area contributed by atoms with Gasteiger partial charge < -0.3 is 5.32 Å². The molecule has 1 amide bonds. The highest BCUT2D eigenvalue weighted by atomic mass is 16.2. The van der Waals surface area contributed by atoms with Gasteiger partial charge in [-0.25, -0.2) is 4.98 Å². The van der Waals surface area contributed by atoms with Crippen LogP contribution in [0.4, 0.5) is 0 Å². The summed E-state index contributed by atoms with van der Waals surface area (Å²) in [6.07, 6.45) is 6.66. The van der Waals surface area contributed by atoms with E-state index in [0.717, 1.165) is 56.1 Å². The smallest absolute Gasteiger partial charge is 0.242 e. The second-order valence-corrected chi connectivity index (χ2v) is 6.51. The van der Waals surface area contributed by atoms with Crippen molar-refractivity contribution in [2.75, 3.05) is 19.6 Å². The zero-order chi connectivity index (χ0) is 17.6. The molecule has 1 atom stereocenters. The fourth-order valence-electron chi connectivity index (χ4n) is 3.38. The third-order valence-corrected chi connectivity index (χ3v) is 4.56. The van der Waals surface area contributed by atoms with Crippen molar-refractivity contribution in [3.8, 4) is 0 Å². The van der Waals surface area contributed by atoms with Gasteiger partial charge in [0, 0.05) is 25.5 Å². The summed E-state index contributed by atoms with van der Waals surface area (Å²) in [5.41, 5.74) is 0.963. The number of likely N-dealkylation sites (tertiary alicyclic amines) is 1. The highest BCUT2D eigenvalue weighted by Crippen LogP contribution is 2.24. The number of nitrogens with zero attached hydrogens (tertiary/aromatic N) is 5. The van der Waals surface area contributed by atoms with Crippen LogP contribution in [0, 0.1) is 13.8 Å². The quantitative estimate of drug-likeness (QED) is 0.774. The highest BCUT2D eigenvalue weighted by molar-refractivity contribution is 5.83. The molecule has 7 heteroatoms. The van der Waals surface area contributed by atoms with Crippen molar-refractivity contribution in [1.29, 1.82) is 0 Å². The van der Waals surface area contributed by atoms with Crippen LogP contribution in [-0.4, -0.2) is 50.2 Å². The minimum atomic E-state index is -0.244.